The van der Waals surface area contributed by atoms with Gasteiger partial charge in [0, 0.05) is 38.0 Å². The number of nitrogens with one attached hydrogen (secondary N) is 1. The molecule has 1 aromatic rings. The monoisotopic (exact) mass is 406 g/mol. The lowest BCUT2D eigenvalue weighted by Gasteiger charge is -2.38. The van der Waals surface area contributed by atoms with E-state index >= 15 is 0 Å². The average molecular weight is 407 g/mol. The highest BCUT2D eigenvalue weighted by molar-refractivity contribution is 7.88. The van der Waals surface area contributed by atoms with E-state index in [2.05, 4.69) is 5.32 Å². The number of piperidine rings is 1. The molecule has 1 N–H and O–H groups in total. The van der Waals surface area contributed by atoms with Gasteiger partial charge in [-0.15, -0.1) is 0 Å². The second-order valence-electron chi connectivity index (χ2n) is 7.57. The van der Waals surface area contributed by atoms with Crippen molar-refractivity contribution in [3.8, 4) is 0 Å². The van der Waals surface area contributed by atoms with E-state index in [9.17, 15) is 18.0 Å². The van der Waals surface area contributed by atoms with Crippen LogP contribution < -0.4 is 5.32 Å². The van der Waals surface area contributed by atoms with Crippen LogP contribution in [0.5, 0.6) is 0 Å². The second-order valence-corrected chi connectivity index (χ2v) is 9.55. The first kappa shape index (κ1) is 20.5. The molecule has 0 aliphatic carbocycles. The summed E-state index contributed by atoms with van der Waals surface area (Å²) < 4.78 is 30.5. The molecule has 1 atom stereocenters. The Morgan fingerprint density at radius 3 is 2.43 bits per heavy atom. The molecule has 3 rings (SSSR count). The number of sulfonamides is 1. The van der Waals surface area contributed by atoms with Crippen LogP contribution in [-0.2, 0) is 24.3 Å². The topological polar surface area (TPSA) is 92.8 Å². The molecule has 0 bridgehead atoms. The zero-order valence-electron chi connectivity index (χ0n) is 16.4. The predicted octanol–water partition coefficient (Wildman–Crippen LogP) is 1.57. The zero-order chi connectivity index (χ0) is 20.5. The van der Waals surface area contributed by atoms with E-state index in [1.165, 1.54) is 4.31 Å². The van der Waals surface area contributed by atoms with Crippen LogP contribution in [0.25, 0.3) is 0 Å². The van der Waals surface area contributed by atoms with E-state index in [0.717, 1.165) is 11.8 Å². The lowest BCUT2D eigenvalue weighted by molar-refractivity contribution is -0.150. The van der Waals surface area contributed by atoms with Crippen molar-refractivity contribution in [3.63, 3.8) is 0 Å². The van der Waals surface area contributed by atoms with Crippen molar-refractivity contribution in [1.82, 2.24) is 9.62 Å². The molecule has 0 aromatic heterocycles. The Bertz CT molecular complexity index is 900. The summed E-state index contributed by atoms with van der Waals surface area (Å²) in [4.78, 5) is 25.2. The molecule has 0 saturated carbocycles. The standard InChI is InChI=1S/C20H26N2O5S/c1-14(16-7-5-4-6-8-16)13-21-18(23)17-15(2)19(24)27-20(17)9-11-22(12-10-20)28(3,25)26/h4-8,14H,9-13H2,1-3H3,(H,21,23)/t14-/m1/s1. The lowest BCUT2D eigenvalue weighted by atomic mass is 9.83. The van der Waals surface area contributed by atoms with Gasteiger partial charge in [0.1, 0.15) is 5.60 Å². The molecule has 0 radical (unpaired) electrons. The molecule has 1 saturated heterocycles. The van der Waals surface area contributed by atoms with Crippen LogP contribution in [0, 0.1) is 0 Å². The first-order chi connectivity index (χ1) is 13.1. The number of nitrogens with zero attached hydrogens (tertiary/aromatic N) is 1. The molecule has 28 heavy (non-hydrogen) atoms. The van der Waals surface area contributed by atoms with Gasteiger partial charge in [-0.1, -0.05) is 37.3 Å². The summed E-state index contributed by atoms with van der Waals surface area (Å²) in [7, 11) is -3.31. The smallest absolute Gasteiger partial charge is 0.335 e. The molecule has 1 spiro atoms. The van der Waals surface area contributed by atoms with Crippen LogP contribution in [0.15, 0.2) is 41.5 Å². The normalized spacial score (nSPS) is 20.9. The van der Waals surface area contributed by atoms with Crippen molar-refractivity contribution in [2.24, 2.45) is 0 Å². The summed E-state index contributed by atoms with van der Waals surface area (Å²) in [6.45, 7) is 4.48. The predicted molar refractivity (Wildman–Crippen MR) is 105 cm³/mol. The highest BCUT2D eigenvalue weighted by Gasteiger charge is 2.51. The maximum Gasteiger partial charge on any atom is 0.335 e. The van der Waals surface area contributed by atoms with Gasteiger partial charge in [0.05, 0.1) is 11.8 Å². The van der Waals surface area contributed by atoms with Crippen molar-refractivity contribution in [2.45, 2.75) is 38.2 Å². The number of carbonyl (C=O) groups is 2. The maximum absolute atomic E-state index is 13.0. The maximum atomic E-state index is 13.0. The summed E-state index contributed by atoms with van der Waals surface area (Å²) in [5.74, 6) is -0.708. The fraction of sp³-hybridized carbons (Fsp3) is 0.500. The minimum absolute atomic E-state index is 0.118. The van der Waals surface area contributed by atoms with Crippen LogP contribution in [-0.4, -0.2) is 56.1 Å². The molecule has 1 fully saturated rings. The highest BCUT2D eigenvalue weighted by Crippen LogP contribution is 2.41. The fourth-order valence-electron chi connectivity index (χ4n) is 3.89. The van der Waals surface area contributed by atoms with Crippen molar-refractivity contribution in [1.29, 1.82) is 0 Å². The summed E-state index contributed by atoms with van der Waals surface area (Å²) in [6, 6.07) is 9.86. The molecule has 1 amide bonds. The molecule has 152 valence electrons. The van der Waals surface area contributed by atoms with Gasteiger partial charge in [-0.2, -0.15) is 0 Å². The molecular weight excluding hydrogens is 380 g/mol. The number of carbonyl (C=O) groups excluding carboxylic acids is 2. The van der Waals surface area contributed by atoms with Gasteiger partial charge in [0.2, 0.25) is 10.0 Å². The van der Waals surface area contributed by atoms with Crippen LogP contribution in [0.2, 0.25) is 0 Å². The van der Waals surface area contributed by atoms with Gasteiger partial charge in [-0.05, 0) is 18.4 Å². The van der Waals surface area contributed by atoms with E-state index in [1.807, 2.05) is 37.3 Å². The molecule has 2 aliphatic heterocycles. The van der Waals surface area contributed by atoms with Gasteiger partial charge >= 0.3 is 5.97 Å². The molecular formula is C20H26N2O5S. The Kier molecular flexibility index (Phi) is 5.63. The Morgan fingerprint density at radius 1 is 1.25 bits per heavy atom. The third-order valence-electron chi connectivity index (χ3n) is 5.59. The van der Waals surface area contributed by atoms with Gasteiger partial charge in [-0.25, -0.2) is 17.5 Å². The number of hydrogen-bond acceptors (Lipinski definition) is 5. The van der Waals surface area contributed by atoms with Gasteiger partial charge in [0.25, 0.3) is 5.91 Å². The number of ether oxygens (including phenoxy) is 1. The lowest BCUT2D eigenvalue weighted by Crippen LogP contribution is -2.50. The fourth-order valence-corrected chi connectivity index (χ4v) is 4.74. The van der Waals surface area contributed by atoms with E-state index in [4.69, 9.17) is 4.74 Å². The van der Waals surface area contributed by atoms with Gasteiger partial charge in [0.15, 0.2) is 0 Å². The number of hydrogen-bond donors (Lipinski definition) is 1. The summed E-state index contributed by atoms with van der Waals surface area (Å²) in [5.41, 5.74) is 0.717. The SMILES string of the molecule is CC1=C(C(=O)NC[C@@H](C)c2ccccc2)C2(CCN(S(C)(=O)=O)CC2)OC1=O. The number of esters is 1. The van der Waals surface area contributed by atoms with Crippen molar-refractivity contribution in [2.75, 3.05) is 25.9 Å². The molecule has 8 heteroatoms. The molecule has 1 aromatic carbocycles. The Labute approximate surface area is 165 Å². The average Bonchev–Trinajstić information content (AvgIpc) is 2.89. The number of rotatable bonds is 5. The van der Waals surface area contributed by atoms with E-state index < -0.39 is 21.6 Å². The minimum atomic E-state index is -3.31. The Hall–Kier alpha value is -2.19. The van der Waals surface area contributed by atoms with Crippen LogP contribution in [0.3, 0.4) is 0 Å². The highest BCUT2D eigenvalue weighted by atomic mass is 32.2. The first-order valence-electron chi connectivity index (χ1n) is 9.37. The number of amides is 1. The molecule has 0 unspecified atom stereocenters. The summed E-state index contributed by atoms with van der Waals surface area (Å²) >= 11 is 0. The molecule has 2 heterocycles. The molecule has 7 nitrogen and oxygen atoms in total. The minimum Gasteiger partial charge on any atom is -0.450 e. The van der Waals surface area contributed by atoms with E-state index in [0.29, 0.717) is 17.7 Å². The zero-order valence-corrected chi connectivity index (χ0v) is 17.2. The van der Waals surface area contributed by atoms with Crippen molar-refractivity contribution in [3.05, 3.63) is 47.0 Å². The van der Waals surface area contributed by atoms with Crippen molar-refractivity contribution >= 4 is 21.9 Å². The molecule has 2 aliphatic rings. The van der Waals surface area contributed by atoms with Crippen molar-refractivity contribution < 1.29 is 22.7 Å². The quantitative estimate of drug-likeness (QED) is 0.750. The van der Waals surface area contributed by atoms with Gasteiger partial charge in [-0.3, -0.25) is 4.79 Å². The second kappa shape index (κ2) is 7.67. The first-order valence-corrected chi connectivity index (χ1v) is 11.2. The third kappa shape index (κ3) is 3.98. The Morgan fingerprint density at radius 2 is 1.86 bits per heavy atom. The largest absolute Gasteiger partial charge is 0.450 e. The Balaban J connectivity index is 1.73. The third-order valence-corrected chi connectivity index (χ3v) is 6.89. The summed E-state index contributed by atoms with van der Waals surface area (Å²) in [6.07, 6.45) is 1.71. The number of benzene rings is 1. The van der Waals surface area contributed by atoms with E-state index in [-0.39, 0.29) is 37.8 Å². The van der Waals surface area contributed by atoms with Crippen LogP contribution >= 0.6 is 0 Å². The van der Waals surface area contributed by atoms with Gasteiger partial charge < -0.3 is 10.1 Å². The van der Waals surface area contributed by atoms with E-state index in [1.54, 1.807) is 6.92 Å². The van der Waals surface area contributed by atoms with Crippen LogP contribution in [0.4, 0.5) is 0 Å². The summed E-state index contributed by atoms with van der Waals surface area (Å²) in [5, 5.41) is 2.93. The van der Waals surface area contributed by atoms with Crippen LogP contribution in [0.1, 0.15) is 38.2 Å².